The zero-order valence-electron chi connectivity index (χ0n) is 6.11. The SMILES string of the molecule is CC#CC(O)O.NCC(=O)O. The van der Waals surface area contributed by atoms with Gasteiger partial charge in [-0.15, -0.1) is 5.92 Å². The normalized spacial score (nSPS) is 7.36. The number of nitrogens with two attached hydrogens (primary N) is 1. The lowest BCUT2D eigenvalue weighted by molar-refractivity contribution is -0.135. The van der Waals surface area contributed by atoms with E-state index in [4.69, 9.17) is 15.3 Å². The van der Waals surface area contributed by atoms with Gasteiger partial charge in [0.2, 0.25) is 6.29 Å². The van der Waals surface area contributed by atoms with E-state index in [1.54, 1.807) is 6.92 Å². The molecule has 0 spiro atoms. The van der Waals surface area contributed by atoms with Crippen molar-refractivity contribution in [3.63, 3.8) is 0 Å². The Balaban J connectivity index is 0. The monoisotopic (exact) mass is 161 g/mol. The topological polar surface area (TPSA) is 104 Å². The van der Waals surface area contributed by atoms with Gasteiger partial charge in [-0.25, -0.2) is 0 Å². The van der Waals surface area contributed by atoms with Gasteiger partial charge in [0.15, 0.2) is 0 Å². The third-order valence-electron chi connectivity index (χ3n) is 0.448. The minimum Gasteiger partial charge on any atom is -0.480 e. The number of aliphatic carboxylic acids is 1. The largest absolute Gasteiger partial charge is 0.480 e. The van der Waals surface area contributed by atoms with Crippen LogP contribution in [0.15, 0.2) is 0 Å². The van der Waals surface area contributed by atoms with Gasteiger partial charge in [0.25, 0.3) is 0 Å². The van der Waals surface area contributed by atoms with E-state index in [-0.39, 0.29) is 6.54 Å². The number of carboxylic acids is 1. The van der Waals surface area contributed by atoms with Gasteiger partial charge < -0.3 is 21.1 Å². The third kappa shape index (κ3) is 27.8. The highest BCUT2D eigenvalue weighted by atomic mass is 16.5. The van der Waals surface area contributed by atoms with Crippen molar-refractivity contribution >= 4 is 5.97 Å². The Morgan fingerprint density at radius 2 is 2.00 bits per heavy atom. The molecule has 0 saturated heterocycles. The fourth-order valence-corrected chi connectivity index (χ4v) is 0.129. The Labute approximate surface area is 64.5 Å². The summed E-state index contributed by atoms with van der Waals surface area (Å²) in [6.45, 7) is 1.26. The van der Waals surface area contributed by atoms with E-state index in [9.17, 15) is 4.79 Å². The van der Waals surface area contributed by atoms with Gasteiger partial charge in [0, 0.05) is 0 Å². The molecule has 0 aliphatic carbocycles. The van der Waals surface area contributed by atoms with Crippen LogP contribution >= 0.6 is 0 Å². The Morgan fingerprint density at radius 1 is 1.64 bits per heavy atom. The summed E-state index contributed by atoms with van der Waals surface area (Å²) in [5.74, 6) is 3.42. The summed E-state index contributed by atoms with van der Waals surface area (Å²) in [7, 11) is 0. The van der Waals surface area contributed by atoms with E-state index >= 15 is 0 Å². The first-order chi connectivity index (χ1) is 5.04. The third-order valence-corrected chi connectivity index (χ3v) is 0.448. The highest BCUT2D eigenvalue weighted by Gasteiger charge is 1.81. The molecule has 0 amide bonds. The predicted octanol–water partition coefficient (Wildman–Crippen LogP) is -1.65. The predicted molar refractivity (Wildman–Crippen MR) is 38.4 cm³/mol. The summed E-state index contributed by atoms with van der Waals surface area (Å²) in [6, 6.07) is 0. The van der Waals surface area contributed by atoms with Gasteiger partial charge in [-0.2, -0.15) is 0 Å². The first kappa shape index (κ1) is 12.6. The van der Waals surface area contributed by atoms with E-state index in [0.29, 0.717) is 0 Å². The van der Waals surface area contributed by atoms with Crippen molar-refractivity contribution in [2.45, 2.75) is 13.2 Å². The summed E-state index contributed by atoms with van der Waals surface area (Å²) in [6.07, 6.45) is -1.46. The van der Waals surface area contributed by atoms with Crippen LogP contribution in [0.2, 0.25) is 0 Å². The van der Waals surface area contributed by atoms with Crippen molar-refractivity contribution in [2.75, 3.05) is 6.54 Å². The van der Waals surface area contributed by atoms with Crippen molar-refractivity contribution in [1.29, 1.82) is 0 Å². The molecule has 0 atom stereocenters. The molecule has 0 aromatic rings. The van der Waals surface area contributed by atoms with Crippen LogP contribution in [0.5, 0.6) is 0 Å². The molecule has 0 aromatic carbocycles. The summed E-state index contributed by atoms with van der Waals surface area (Å²) < 4.78 is 0. The Bertz CT molecular complexity index is 156. The molecule has 5 N–H and O–H groups in total. The number of carbonyl (C=O) groups is 1. The maximum absolute atomic E-state index is 9.24. The lowest BCUT2D eigenvalue weighted by atomic mass is 10.6. The highest BCUT2D eigenvalue weighted by Crippen LogP contribution is 1.63. The van der Waals surface area contributed by atoms with Crippen molar-refractivity contribution in [1.82, 2.24) is 0 Å². The van der Waals surface area contributed by atoms with Gasteiger partial charge in [-0.05, 0) is 12.8 Å². The fraction of sp³-hybridized carbons (Fsp3) is 0.500. The number of rotatable bonds is 1. The first-order valence-electron chi connectivity index (χ1n) is 2.74. The molecule has 0 radical (unpaired) electrons. The van der Waals surface area contributed by atoms with E-state index in [1.807, 2.05) is 0 Å². The summed E-state index contributed by atoms with van der Waals surface area (Å²) in [5.41, 5.74) is 4.57. The maximum Gasteiger partial charge on any atom is 0.317 e. The second kappa shape index (κ2) is 8.91. The Morgan fingerprint density at radius 3 is 2.00 bits per heavy atom. The van der Waals surface area contributed by atoms with Crippen LogP contribution in [-0.2, 0) is 4.79 Å². The standard InChI is InChI=1S/C4H6O2.C2H5NO2/c1-2-3-4(5)6;3-1-2(4)5/h4-6H,1H3;1,3H2,(H,4,5). The number of aliphatic hydroxyl groups is 2. The zero-order valence-corrected chi connectivity index (χ0v) is 6.11. The van der Waals surface area contributed by atoms with Gasteiger partial charge >= 0.3 is 5.97 Å². The number of aliphatic hydroxyl groups excluding tert-OH is 1. The van der Waals surface area contributed by atoms with Crippen LogP contribution in [0, 0.1) is 11.8 Å². The van der Waals surface area contributed by atoms with Crippen molar-refractivity contribution in [3.05, 3.63) is 0 Å². The van der Waals surface area contributed by atoms with Crippen LogP contribution in [0.3, 0.4) is 0 Å². The van der Waals surface area contributed by atoms with Gasteiger partial charge in [0.05, 0.1) is 6.54 Å². The second-order valence-electron chi connectivity index (χ2n) is 1.37. The number of hydrogen-bond acceptors (Lipinski definition) is 4. The number of hydrogen-bond donors (Lipinski definition) is 4. The zero-order chi connectivity index (χ0) is 9.28. The van der Waals surface area contributed by atoms with E-state index in [1.165, 1.54) is 0 Å². The van der Waals surface area contributed by atoms with Crippen LogP contribution in [0.4, 0.5) is 0 Å². The minimum atomic E-state index is -1.46. The van der Waals surface area contributed by atoms with E-state index < -0.39 is 12.3 Å². The van der Waals surface area contributed by atoms with Gasteiger partial charge in [-0.3, -0.25) is 4.79 Å². The van der Waals surface area contributed by atoms with E-state index in [2.05, 4.69) is 17.6 Å². The first-order valence-corrected chi connectivity index (χ1v) is 2.74. The fourth-order valence-electron chi connectivity index (χ4n) is 0.129. The van der Waals surface area contributed by atoms with E-state index in [0.717, 1.165) is 0 Å². The van der Waals surface area contributed by atoms with Gasteiger partial charge in [0.1, 0.15) is 0 Å². The van der Waals surface area contributed by atoms with Crippen LogP contribution in [0.1, 0.15) is 6.92 Å². The lowest BCUT2D eigenvalue weighted by Crippen LogP contribution is -2.10. The highest BCUT2D eigenvalue weighted by molar-refractivity contribution is 5.68. The molecule has 0 aromatic heterocycles. The van der Waals surface area contributed by atoms with Crippen molar-refractivity contribution in [2.24, 2.45) is 5.73 Å². The van der Waals surface area contributed by atoms with Crippen molar-refractivity contribution < 1.29 is 20.1 Å². The summed E-state index contributed by atoms with van der Waals surface area (Å²) in [5, 5.41) is 23.5. The molecule has 0 heterocycles. The molecule has 0 aliphatic heterocycles. The quantitative estimate of drug-likeness (QED) is 0.272. The Kier molecular flexibility index (Phi) is 10.2. The van der Waals surface area contributed by atoms with Gasteiger partial charge in [-0.1, -0.05) is 0 Å². The van der Waals surface area contributed by atoms with Crippen LogP contribution < -0.4 is 5.73 Å². The molecule has 0 rings (SSSR count). The molecule has 11 heavy (non-hydrogen) atoms. The molecule has 0 saturated carbocycles. The maximum atomic E-state index is 9.24. The molecule has 5 nitrogen and oxygen atoms in total. The lowest BCUT2D eigenvalue weighted by Gasteiger charge is -1.82. The molecular formula is C6H11NO4. The smallest absolute Gasteiger partial charge is 0.317 e. The molecule has 0 bridgehead atoms. The second-order valence-corrected chi connectivity index (χ2v) is 1.37. The summed E-state index contributed by atoms with van der Waals surface area (Å²) in [4.78, 5) is 9.24. The average molecular weight is 161 g/mol. The minimum absolute atomic E-state index is 0.278. The molecule has 0 unspecified atom stereocenters. The molecular weight excluding hydrogens is 150 g/mol. The molecule has 64 valence electrons. The van der Waals surface area contributed by atoms with Crippen molar-refractivity contribution in [3.8, 4) is 11.8 Å². The Hall–Kier alpha value is -1.09. The summed E-state index contributed by atoms with van der Waals surface area (Å²) >= 11 is 0. The van der Waals surface area contributed by atoms with Crippen LogP contribution in [0.25, 0.3) is 0 Å². The molecule has 0 aliphatic rings. The van der Waals surface area contributed by atoms with Crippen LogP contribution in [-0.4, -0.2) is 34.1 Å². The average Bonchev–Trinajstić information content (AvgIpc) is 1.89. The number of carboxylic acid groups (broad SMARTS) is 1. The molecule has 5 heteroatoms. The molecule has 0 fully saturated rings.